The molecule has 0 spiro atoms. The van der Waals surface area contributed by atoms with E-state index < -0.39 is 5.91 Å². The zero-order chi connectivity index (χ0) is 18.9. The maximum Gasteiger partial charge on any atom is 0.310 e. The average molecular weight is 360 g/mol. The number of nitrogens with zero attached hydrogens (tertiary/aromatic N) is 2. The van der Waals surface area contributed by atoms with Crippen molar-refractivity contribution in [1.29, 1.82) is 0 Å². The van der Waals surface area contributed by atoms with Crippen LogP contribution in [0.25, 0.3) is 0 Å². The number of aliphatic imine (C=N–C) groups is 1. The molecule has 1 aromatic carbocycles. The Morgan fingerprint density at radius 3 is 2.65 bits per heavy atom. The Morgan fingerprint density at radius 2 is 2.04 bits per heavy atom. The van der Waals surface area contributed by atoms with Gasteiger partial charge in [-0.2, -0.15) is 0 Å². The van der Waals surface area contributed by atoms with E-state index in [1.807, 2.05) is 26.0 Å². The Kier molecular flexibility index (Phi) is 7.44. The molecular formula is C19H28N4O3. The molecule has 1 aliphatic rings. The van der Waals surface area contributed by atoms with Gasteiger partial charge < -0.3 is 20.7 Å². The Morgan fingerprint density at radius 1 is 1.31 bits per heavy atom. The lowest BCUT2D eigenvalue weighted by Crippen LogP contribution is -2.48. The molecule has 2 rings (SSSR count). The second kappa shape index (κ2) is 9.79. The third kappa shape index (κ3) is 5.47. The number of nitrogens with one attached hydrogen (secondary N) is 1. The molecule has 26 heavy (non-hydrogen) atoms. The summed E-state index contributed by atoms with van der Waals surface area (Å²) >= 11 is 0. The molecule has 1 amide bonds. The topological polar surface area (TPSA) is 97.0 Å². The smallest absolute Gasteiger partial charge is 0.310 e. The molecule has 1 aromatic rings. The van der Waals surface area contributed by atoms with Gasteiger partial charge in [-0.15, -0.1) is 0 Å². The molecule has 7 heteroatoms. The van der Waals surface area contributed by atoms with Gasteiger partial charge in [-0.1, -0.05) is 12.1 Å². The van der Waals surface area contributed by atoms with Crippen LogP contribution in [0.3, 0.4) is 0 Å². The molecule has 7 nitrogen and oxygen atoms in total. The van der Waals surface area contributed by atoms with Crippen LogP contribution in [0.15, 0.2) is 29.3 Å². The number of primary amides is 1. The highest BCUT2D eigenvalue weighted by atomic mass is 16.5. The van der Waals surface area contributed by atoms with Gasteiger partial charge in [0.15, 0.2) is 5.96 Å². The number of nitrogens with two attached hydrogens (primary N) is 1. The maximum atomic E-state index is 12.0. The first-order valence-electron chi connectivity index (χ1n) is 9.13. The lowest BCUT2D eigenvalue weighted by molar-refractivity contribution is -0.149. The van der Waals surface area contributed by atoms with Crippen molar-refractivity contribution in [2.24, 2.45) is 16.6 Å². The summed E-state index contributed by atoms with van der Waals surface area (Å²) in [7, 11) is 0. The zero-order valence-electron chi connectivity index (χ0n) is 15.5. The molecule has 1 atom stereocenters. The van der Waals surface area contributed by atoms with E-state index in [0.717, 1.165) is 37.5 Å². The van der Waals surface area contributed by atoms with E-state index in [2.05, 4.69) is 15.2 Å². The summed E-state index contributed by atoms with van der Waals surface area (Å²) in [6.07, 6.45) is 1.78. The average Bonchev–Trinajstić information content (AvgIpc) is 2.65. The standard InChI is InChI=1S/C19H28N4O3/c1-3-21-19(22-12-14-7-9-15(10-8-14)17(20)24)23-11-5-6-16(13-23)18(25)26-4-2/h7-10,16H,3-6,11-13H2,1-2H3,(H2,20,24)(H,21,22). The molecule has 0 aliphatic carbocycles. The Bertz CT molecular complexity index is 643. The summed E-state index contributed by atoms with van der Waals surface area (Å²) in [5.74, 6) is 0.115. The van der Waals surface area contributed by atoms with E-state index in [4.69, 9.17) is 10.5 Å². The van der Waals surface area contributed by atoms with Gasteiger partial charge in [-0.3, -0.25) is 9.59 Å². The van der Waals surface area contributed by atoms with Crippen LogP contribution < -0.4 is 11.1 Å². The van der Waals surface area contributed by atoms with Crippen LogP contribution >= 0.6 is 0 Å². The van der Waals surface area contributed by atoms with Crippen molar-refractivity contribution >= 4 is 17.8 Å². The molecule has 0 radical (unpaired) electrons. The third-order valence-corrected chi connectivity index (χ3v) is 4.33. The van der Waals surface area contributed by atoms with Gasteiger partial charge in [0.1, 0.15) is 0 Å². The second-order valence-electron chi connectivity index (χ2n) is 6.27. The highest BCUT2D eigenvalue weighted by Gasteiger charge is 2.28. The van der Waals surface area contributed by atoms with Crippen LogP contribution in [-0.2, 0) is 16.1 Å². The number of carbonyl (C=O) groups excluding carboxylic acids is 2. The number of piperidine rings is 1. The number of likely N-dealkylation sites (tertiary alicyclic amines) is 1. The number of benzene rings is 1. The van der Waals surface area contributed by atoms with Gasteiger partial charge in [0.2, 0.25) is 5.91 Å². The Balaban J connectivity index is 2.05. The van der Waals surface area contributed by atoms with Crippen molar-refractivity contribution in [2.75, 3.05) is 26.2 Å². The van der Waals surface area contributed by atoms with Crippen molar-refractivity contribution in [2.45, 2.75) is 33.2 Å². The monoisotopic (exact) mass is 360 g/mol. The number of hydrogen-bond acceptors (Lipinski definition) is 4. The third-order valence-electron chi connectivity index (χ3n) is 4.33. The maximum absolute atomic E-state index is 12.0. The Labute approximate surface area is 154 Å². The summed E-state index contributed by atoms with van der Waals surface area (Å²) in [4.78, 5) is 30.0. The Hall–Kier alpha value is -2.57. The van der Waals surface area contributed by atoms with Gasteiger partial charge in [0.05, 0.1) is 19.1 Å². The normalized spacial score (nSPS) is 17.7. The van der Waals surface area contributed by atoms with Crippen LogP contribution in [0.2, 0.25) is 0 Å². The summed E-state index contributed by atoms with van der Waals surface area (Å²) < 4.78 is 5.17. The first-order chi connectivity index (χ1) is 12.5. The lowest BCUT2D eigenvalue weighted by Gasteiger charge is -2.34. The molecule has 1 aliphatic heterocycles. The molecule has 0 bridgehead atoms. The van der Waals surface area contributed by atoms with Gasteiger partial charge in [-0.05, 0) is 44.4 Å². The van der Waals surface area contributed by atoms with E-state index in [-0.39, 0.29) is 11.9 Å². The number of rotatable bonds is 6. The second-order valence-corrected chi connectivity index (χ2v) is 6.27. The molecule has 0 aromatic heterocycles. The summed E-state index contributed by atoms with van der Waals surface area (Å²) in [5.41, 5.74) is 6.74. The van der Waals surface area contributed by atoms with Crippen molar-refractivity contribution in [3.63, 3.8) is 0 Å². The first kappa shape index (κ1) is 19.8. The number of amides is 1. The molecule has 0 saturated carbocycles. The van der Waals surface area contributed by atoms with E-state index in [1.165, 1.54) is 0 Å². The van der Waals surface area contributed by atoms with Gasteiger partial charge in [-0.25, -0.2) is 4.99 Å². The fourth-order valence-electron chi connectivity index (χ4n) is 2.99. The highest BCUT2D eigenvalue weighted by Crippen LogP contribution is 2.18. The predicted molar refractivity (Wildman–Crippen MR) is 101 cm³/mol. The van der Waals surface area contributed by atoms with E-state index in [0.29, 0.717) is 25.3 Å². The van der Waals surface area contributed by atoms with Crippen molar-refractivity contribution in [3.8, 4) is 0 Å². The summed E-state index contributed by atoms with van der Waals surface area (Å²) in [5, 5.41) is 3.29. The lowest BCUT2D eigenvalue weighted by atomic mass is 9.98. The minimum absolute atomic E-state index is 0.109. The van der Waals surface area contributed by atoms with Crippen LogP contribution in [0, 0.1) is 5.92 Å². The molecule has 1 unspecified atom stereocenters. The largest absolute Gasteiger partial charge is 0.466 e. The van der Waals surface area contributed by atoms with Gasteiger partial charge >= 0.3 is 5.97 Å². The highest BCUT2D eigenvalue weighted by molar-refractivity contribution is 5.92. The van der Waals surface area contributed by atoms with Crippen LogP contribution in [0.5, 0.6) is 0 Å². The fourth-order valence-corrected chi connectivity index (χ4v) is 2.99. The number of guanidine groups is 1. The fraction of sp³-hybridized carbons (Fsp3) is 0.526. The van der Waals surface area contributed by atoms with E-state index in [1.54, 1.807) is 12.1 Å². The van der Waals surface area contributed by atoms with Crippen LogP contribution in [0.4, 0.5) is 0 Å². The molecule has 1 fully saturated rings. The zero-order valence-corrected chi connectivity index (χ0v) is 15.5. The molecule has 1 heterocycles. The molecule has 1 saturated heterocycles. The number of ether oxygens (including phenoxy) is 1. The quantitative estimate of drug-likeness (QED) is 0.455. The minimum Gasteiger partial charge on any atom is -0.466 e. The van der Waals surface area contributed by atoms with Crippen molar-refractivity contribution in [3.05, 3.63) is 35.4 Å². The number of esters is 1. The molecular weight excluding hydrogens is 332 g/mol. The summed E-state index contributed by atoms with van der Waals surface area (Å²) in [6.45, 7) is 6.97. The van der Waals surface area contributed by atoms with Crippen LogP contribution in [0.1, 0.15) is 42.6 Å². The molecule has 142 valence electrons. The summed E-state index contributed by atoms with van der Waals surface area (Å²) in [6, 6.07) is 7.12. The van der Waals surface area contributed by atoms with Crippen LogP contribution in [-0.4, -0.2) is 49.0 Å². The SMILES string of the molecule is CCNC(=NCc1ccc(C(N)=O)cc1)N1CCCC(C(=O)OCC)C1. The van der Waals surface area contributed by atoms with Crippen molar-refractivity contribution < 1.29 is 14.3 Å². The van der Waals surface area contributed by atoms with E-state index >= 15 is 0 Å². The van der Waals surface area contributed by atoms with E-state index in [9.17, 15) is 9.59 Å². The van der Waals surface area contributed by atoms with Crippen molar-refractivity contribution in [1.82, 2.24) is 10.2 Å². The van der Waals surface area contributed by atoms with Gasteiger partial charge in [0, 0.05) is 25.2 Å². The molecule has 3 N–H and O–H groups in total. The van der Waals surface area contributed by atoms with Gasteiger partial charge in [0.25, 0.3) is 0 Å². The predicted octanol–water partition coefficient (Wildman–Crippen LogP) is 1.53. The number of carbonyl (C=O) groups is 2. The minimum atomic E-state index is -0.438. The number of hydrogen-bond donors (Lipinski definition) is 2. The first-order valence-corrected chi connectivity index (χ1v) is 9.13.